The van der Waals surface area contributed by atoms with E-state index >= 15 is 0 Å². The predicted molar refractivity (Wildman–Crippen MR) is 150 cm³/mol. The standard InChI is InChI=1S/C29H33N3O6S/c1-15(2)11-21(28(34)38-6)32-27(33)20-14-18-17-9-7-8-10-19(17)30-24(18)25(31(20)29(32)39)16-12-22(35-3)26(37-5)23(13-16)36-4/h7-10,12-13,15,20-21,25,30H,11,14H2,1-6H3/t20-,21-,25+/m0/s1. The van der Waals surface area contributed by atoms with Gasteiger partial charge in [-0.15, -0.1) is 0 Å². The van der Waals surface area contributed by atoms with Crippen molar-refractivity contribution < 1.29 is 28.5 Å². The Bertz CT molecular complexity index is 1430. The fourth-order valence-corrected chi connectivity index (χ4v) is 6.33. The van der Waals surface area contributed by atoms with Gasteiger partial charge in [0.25, 0.3) is 5.91 Å². The maximum atomic E-state index is 14.1. The van der Waals surface area contributed by atoms with E-state index in [0.29, 0.717) is 35.2 Å². The molecule has 5 rings (SSSR count). The maximum absolute atomic E-state index is 14.1. The van der Waals surface area contributed by atoms with Crippen molar-refractivity contribution >= 4 is 40.1 Å². The van der Waals surface area contributed by atoms with Gasteiger partial charge in [0, 0.05) is 23.0 Å². The summed E-state index contributed by atoms with van der Waals surface area (Å²) in [5.41, 5.74) is 3.75. The van der Waals surface area contributed by atoms with Crippen LogP contribution >= 0.6 is 12.2 Å². The van der Waals surface area contributed by atoms with Crippen LogP contribution in [-0.4, -0.2) is 72.3 Å². The van der Waals surface area contributed by atoms with Gasteiger partial charge in [0.05, 0.1) is 34.5 Å². The number of nitrogens with one attached hydrogen (secondary N) is 1. The third-order valence-corrected chi connectivity index (χ3v) is 7.97. The number of aromatic nitrogens is 1. The first-order valence-corrected chi connectivity index (χ1v) is 13.3. The number of amides is 1. The highest BCUT2D eigenvalue weighted by atomic mass is 32.1. The van der Waals surface area contributed by atoms with Crippen LogP contribution in [0, 0.1) is 5.92 Å². The van der Waals surface area contributed by atoms with Crippen LogP contribution in [0.1, 0.15) is 43.1 Å². The quantitative estimate of drug-likeness (QED) is 0.329. The van der Waals surface area contributed by atoms with E-state index < -0.39 is 24.1 Å². The number of aromatic amines is 1. The van der Waals surface area contributed by atoms with Crippen LogP contribution < -0.4 is 14.2 Å². The smallest absolute Gasteiger partial charge is 0.329 e. The Balaban J connectivity index is 1.72. The molecule has 0 spiro atoms. The SMILES string of the molecule is COC(=O)[C@H](CC(C)C)N1C(=O)[C@@H]2Cc3c([nH]c4ccccc34)[C@@H](c3cc(OC)c(OC)c(OC)c3)N2C1=S. The molecule has 39 heavy (non-hydrogen) atoms. The van der Waals surface area contributed by atoms with Gasteiger partial charge in [-0.2, -0.15) is 0 Å². The average Bonchev–Trinajstić information content (AvgIpc) is 3.43. The molecule has 1 amide bonds. The van der Waals surface area contributed by atoms with Crippen molar-refractivity contribution in [3.8, 4) is 17.2 Å². The highest BCUT2D eigenvalue weighted by Gasteiger charge is 2.53. The number of hydrogen-bond acceptors (Lipinski definition) is 7. The number of fused-ring (bicyclic) bond motifs is 4. The molecule has 1 fully saturated rings. The number of carbonyl (C=O) groups excluding carboxylic acids is 2. The van der Waals surface area contributed by atoms with Gasteiger partial charge in [-0.1, -0.05) is 32.0 Å². The van der Waals surface area contributed by atoms with E-state index in [1.807, 2.05) is 49.1 Å². The minimum atomic E-state index is -0.809. The Morgan fingerprint density at radius 1 is 1.08 bits per heavy atom. The number of H-pyrrole nitrogens is 1. The minimum absolute atomic E-state index is 0.143. The second kappa shape index (κ2) is 10.4. The summed E-state index contributed by atoms with van der Waals surface area (Å²) in [6.45, 7) is 4.01. The minimum Gasteiger partial charge on any atom is -0.493 e. The van der Waals surface area contributed by atoms with Crippen molar-refractivity contribution in [3.63, 3.8) is 0 Å². The Kier molecular flexibility index (Phi) is 7.15. The number of hydrogen-bond donors (Lipinski definition) is 1. The van der Waals surface area contributed by atoms with Crippen molar-refractivity contribution in [1.82, 2.24) is 14.8 Å². The lowest BCUT2D eigenvalue weighted by molar-refractivity contribution is -0.149. The first-order valence-electron chi connectivity index (χ1n) is 12.9. The van der Waals surface area contributed by atoms with Crippen LogP contribution in [0.2, 0.25) is 0 Å². The molecule has 2 aliphatic rings. The van der Waals surface area contributed by atoms with Gasteiger partial charge in [0.1, 0.15) is 12.1 Å². The molecule has 10 heteroatoms. The molecule has 2 aromatic carbocycles. The topological polar surface area (TPSA) is 93.3 Å². The van der Waals surface area contributed by atoms with E-state index in [9.17, 15) is 9.59 Å². The molecule has 1 aromatic heterocycles. The molecular weight excluding hydrogens is 518 g/mol. The zero-order chi connectivity index (χ0) is 28.0. The van der Waals surface area contributed by atoms with E-state index in [1.165, 1.54) is 12.0 Å². The van der Waals surface area contributed by atoms with Crippen LogP contribution in [0.3, 0.4) is 0 Å². The second-order valence-electron chi connectivity index (χ2n) is 10.2. The number of ether oxygens (including phenoxy) is 4. The predicted octanol–water partition coefficient (Wildman–Crippen LogP) is 4.22. The Morgan fingerprint density at radius 3 is 2.33 bits per heavy atom. The average molecular weight is 552 g/mol. The van der Waals surface area contributed by atoms with Gasteiger partial charge in [0.2, 0.25) is 5.75 Å². The molecule has 3 atom stereocenters. The van der Waals surface area contributed by atoms with E-state index in [2.05, 4.69) is 11.1 Å². The molecule has 2 aliphatic heterocycles. The summed E-state index contributed by atoms with van der Waals surface area (Å²) in [4.78, 5) is 34.0. The van der Waals surface area contributed by atoms with E-state index in [0.717, 1.165) is 27.7 Å². The summed E-state index contributed by atoms with van der Waals surface area (Å²) in [5.74, 6) is 0.915. The lowest BCUT2D eigenvalue weighted by atomic mass is 9.88. The molecule has 1 saturated heterocycles. The number of para-hydroxylation sites is 1. The summed E-state index contributed by atoms with van der Waals surface area (Å²) >= 11 is 5.99. The fraction of sp³-hybridized carbons (Fsp3) is 0.414. The molecule has 0 unspecified atom stereocenters. The highest BCUT2D eigenvalue weighted by molar-refractivity contribution is 7.80. The van der Waals surface area contributed by atoms with Crippen LogP contribution in [0.25, 0.3) is 10.9 Å². The number of thiocarbonyl (C=S) groups is 1. The Morgan fingerprint density at radius 2 is 1.74 bits per heavy atom. The number of benzene rings is 2. The summed E-state index contributed by atoms with van der Waals surface area (Å²) in [6.07, 6.45) is 0.882. The van der Waals surface area contributed by atoms with Crippen molar-refractivity contribution in [2.45, 2.75) is 44.8 Å². The molecule has 1 N–H and O–H groups in total. The molecule has 9 nitrogen and oxygen atoms in total. The van der Waals surface area contributed by atoms with E-state index in [4.69, 9.17) is 31.2 Å². The third kappa shape index (κ3) is 4.27. The number of rotatable bonds is 8. The van der Waals surface area contributed by atoms with Crippen molar-refractivity contribution in [2.75, 3.05) is 28.4 Å². The zero-order valence-electron chi connectivity index (χ0n) is 22.9. The molecule has 0 aliphatic carbocycles. The van der Waals surface area contributed by atoms with Crippen molar-refractivity contribution in [1.29, 1.82) is 0 Å². The summed E-state index contributed by atoms with van der Waals surface area (Å²) in [6, 6.07) is 9.93. The van der Waals surface area contributed by atoms with Gasteiger partial charge in [-0.3, -0.25) is 9.69 Å². The molecule has 206 valence electrons. The maximum Gasteiger partial charge on any atom is 0.329 e. The largest absolute Gasteiger partial charge is 0.493 e. The van der Waals surface area contributed by atoms with Crippen LogP contribution in [-0.2, 0) is 20.7 Å². The van der Waals surface area contributed by atoms with Crippen molar-refractivity contribution in [3.05, 3.63) is 53.2 Å². The molecule has 3 heterocycles. The second-order valence-corrected chi connectivity index (χ2v) is 10.6. The number of methoxy groups -OCH3 is 4. The fourth-order valence-electron chi connectivity index (χ4n) is 5.88. The van der Waals surface area contributed by atoms with Gasteiger partial charge >= 0.3 is 5.97 Å². The van der Waals surface area contributed by atoms with Gasteiger partial charge in [-0.05, 0) is 53.9 Å². The first-order chi connectivity index (χ1) is 18.7. The van der Waals surface area contributed by atoms with Crippen LogP contribution in [0.15, 0.2) is 36.4 Å². The molecule has 0 bridgehead atoms. The van der Waals surface area contributed by atoms with Crippen LogP contribution in [0.5, 0.6) is 17.2 Å². The summed E-state index contributed by atoms with van der Waals surface area (Å²) in [7, 11) is 6.03. The Labute approximate surface area is 232 Å². The first kappa shape index (κ1) is 26.8. The lowest BCUT2D eigenvalue weighted by Crippen LogP contribution is -2.47. The van der Waals surface area contributed by atoms with Gasteiger partial charge < -0.3 is 28.8 Å². The van der Waals surface area contributed by atoms with Gasteiger partial charge in [0.15, 0.2) is 16.6 Å². The van der Waals surface area contributed by atoms with E-state index in [1.54, 1.807) is 21.3 Å². The number of nitrogens with zero attached hydrogens (tertiary/aromatic N) is 2. The van der Waals surface area contributed by atoms with E-state index in [-0.39, 0.29) is 11.8 Å². The molecule has 0 saturated carbocycles. The van der Waals surface area contributed by atoms with Crippen LogP contribution in [0.4, 0.5) is 0 Å². The Hall–Kier alpha value is -3.79. The van der Waals surface area contributed by atoms with Gasteiger partial charge in [-0.25, -0.2) is 4.79 Å². The molecule has 3 aromatic rings. The molecular formula is C29H33N3O6S. The lowest BCUT2D eigenvalue weighted by Gasteiger charge is -2.38. The normalized spacial score (nSPS) is 19.3. The highest BCUT2D eigenvalue weighted by Crippen LogP contribution is 2.48. The summed E-state index contributed by atoms with van der Waals surface area (Å²) in [5, 5.41) is 1.34. The van der Waals surface area contributed by atoms with Crippen molar-refractivity contribution in [2.24, 2.45) is 5.92 Å². The summed E-state index contributed by atoms with van der Waals surface area (Å²) < 4.78 is 22.0. The number of esters is 1. The monoisotopic (exact) mass is 551 g/mol. The molecule has 0 radical (unpaired) electrons. The number of carbonyl (C=O) groups is 2. The zero-order valence-corrected chi connectivity index (χ0v) is 23.8. The third-order valence-electron chi connectivity index (χ3n) is 7.56.